The number of aromatic nitrogens is 3. The molecule has 1 aromatic heterocycles. The van der Waals surface area contributed by atoms with Crippen LogP contribution >= 0.6 is 0 Å². The van der Waals surface area contributed by atoms with Crippen LogP contribution in [0.2, 0.25) is 0 Å². The molecule has 122 valence electrons. The first-order valence-corrected chi connectivity index (χ1v) is 7.94. The fourth-order valence-electron chi connectivity index (χ4n) is 2.63. The van der Waals surface area contributed by atoms with Crippen molar-refractivity contribution >= 4 is 22.6 Å². The Labute approximate surface area is 145 Å². The van der Waals surface area contributed by atoms with Crippen LogP contribution in [0.5, 0.6) is 5.75 Å². The molecular formula is C20H16N4O. The van der Waals surface area contributed by atoms with E-state index in [1.807, 2.05) is 78.9 Å². The first-order chi connectivity index (χ1) is 12.3. The highest BCUT2D eigenvalue weighted by Gasteiger charge is 2.12. The third kappa shape index (κ3) is 2.99. The van der Waals surface area contributed by atoms with Crippen molar-refractivity contribution in [3.05, 3.63) is 84.4 Å². The molecule has 0 saturated heterocycles. The van der Waals surface area contributed by atoms with Gasteiger partial charge in [-0.05, 0) is 36.4 Å². The summed E-state index contributed by atoms with van der Waals surface area (Å²) in [6.07, 6.45) is 0. The SMILES string of the molecule is COc1ccc(N=C(c2ccccc2)n2nnc3ccccc32)cc1. The summed E-state index contributed by atoms with van der Waals surface area (Å²) in [5, 5.41) is 8.56. The Morgan fingerprint density at radius 2 is 1.60 bits per heavy atom. The van der Waals surface area contributed by atoms with Crippen LogP contribution in [0.25, 0.3) is 11.0 Å². The Morgan fingerprint density at radius 1 is 0.880 bits per heavy atom. The summed E-state index contributed by atoms with van der Waals surface area (Å²) in [5.74, 6) is 1.52. The van der Waals surface area contributed by atoms with Crippen LogP contribution in [0, 0.1) is 0 Å². The van der Waals surface area contributed by atoms with Crippen molar-refractivity contribution in [2.45, 2.75) is 0 Å². The molecule has 25 heavy (non-hydrogen) atoms. The number of aliphatic imine (C=N–C) groups is 1. The highest BCUT2D eigenvalue weighted by Crippen LogP contribution is 2.21. The van der Waals surface area contributed by atoms with E-state index in [2.05, 4.69) is 10.3 Å². The summed E-state index contributed by atoms with van der Waals surface area (Å²) in [5.41, 5.74) is 3.53. The minimum absolute atomic E-state index is 0.722. The zero-order valence-corrected chi connectivity index (χ0v) is 13.7. The average molecular weight is 328 g/mol. The Morgan fingerprint density at radius 3 is 2.36 bits per heavy atom. The Hall–Kier alpha value is -3.47. The Kier molecular flexibility index (Phi) is 3.96. The first-order valence-electron chi connectivity index (χ1n) is 7.94. The lowest BCUT2D eigenvalue weighted by Gasteiger charge is -2.08. The molecule has 0 N–H and O–H groups in total. The van der Waals surface area contributed by atoms with Gasteiger partial charge in [-0.1, -0.05) is 47.7 Å². The molecule has 4 aromatic rings. The second-order valence-corrected chi connectivity index (χ2v) is 5.49. The van der Waals surface area contributed by atoms with Crippen LogP contribution in [-0.4, -0.2) is 27.9 Å². The van der Waals surface area contributed by atoms with Gasteiger partial charge in [0.25, 0.3) is 0 Å². The lowest BCUT2D eigenvalue weighted by Crippen LogP contribution is -2.15. The van der Waals surface area contributed by atoms with Crippen molar-refractivity contribution in [2.24, 2.45) is 4.99 Å². The van der Waals surface area contributed by atoms with Crippen molar-refractivity contribution in [1.29, 1.82) is 0 Å². The second kappa shape index (κ2) is 6.57. The van der Waals surface area contributed by atoms with Gasteiger partial charge in [0.15, 0.2) is 5.84 Å². The normalized spacial score (nSPS) is 11.6. The highest BCUT2D eigenvalue weighted by atomic mass is 16.5. The average Bonchev–Trinajstić information content (AvgIpc) is 3.11. The predicted octanol–water partition coefficient (Wildman–Crippen LogP) is 4.07. The summed E-state index contributed by atoms with van der Waals surface area (Å²) in [6, 6.07) is 25.4. The first kappa shape index (κ1) is 15.1. The minimum atomic E-state index is 0.722. The topological polar surface area (TPSA) is 52.3 Å². The third-order valence-electron chi connectivity index (χ3n) is 3.89. The molecule has 0 fully saturated rings. The minimum Gasteiger partial charge on any atom is -0.497 e. The molecule has 0 spiro atoms. The number of ether oxygens (including phenoxy) is 1. The Balaban J connectivity index is 1.88. The molecule has 0 unspecified atom stereocenters. The van der Waals surface area contributed by atoms with Gasteiger partial charge in [0.1, 0.15) is 11.3 Å². The standard InChI is InChI=1S/C20H16N4O/c1-25-17-13-11-16(12-14-17)21-20(15-7-3-2-4-8-15)24-19-10-6-5-9-18(19)22-23-24/h2-14H,1H3. The molecule has 0 aliphatic carbocycles. The van der Waals surface area contributed by atoms with Gasteiger partial charge in [-0.15, -0.1) is 5.10 Å². The highest BCUT2D eigenvalue weighted by molar-refractivity contribution is 6.05. The number of methoxy groups -OCH3 is 1. The third-order valence-corrected chi connectivity index (χ3v) is 3.89. The number of fused-ring (bicyclic) bond motifs is 1. The monoisotopic (exact) mass is 328 g/mol. The molecule has 0 radical (unpaired) electrons. The van der Waals surface area contributed by atoms with Crippen LogP contribution in [0.1, 0.15) is 5.56 Å². The number of rotatable bonds is 3. The predicted molar refractivity (Wildman–Crippen MR) is 98.6 cm³/mol. The number of para-hydroxylation sites is 1. The summed E-state index contributed by atoms with van der Waals surface area (Å²) < 4.78 is 6.99. The van der Waals surface area contributed by atoms with Gasteiger partial charge in [-0.3, -0.25) is 0 Å². The van der Waals surface area contributed by atoms with Crippen LogP contribution in [0.4, 0.5) is 5.69 Å². The molecule has 4 rings (SSSR count). The Bertz CT molecular complexity index is 1020. The number of nitrogens with zero attached hydrogens (tertiary/aromatic N) is 4. The van der Waals surface area contributed by atoms with Crippen LogP contribution in [0.15, 0.2) is 83.9 Å². The van der Waals surface area contributed by atoms with E-state index in [1.165, 1.54) is 0 Å². The zero-order valence-electron chi connectivity index (χ0n) is 13.7. The molecule has 0 atom stereocenters. The van der Waals surface area contributed by atoms with E-state index >= 15 is 0 Å². The van der Waals surface area contributed by atoms with Gasteiger partial charge in [0, 0.05) is 5.56 Å². The number of benzene rings is 3. The van der Waals surface area contributed by atoms with E-state index in [-0.39, 0.29) is 0 Å². The van der Waals surface area contributed by atoms with Gasteiger partial charge in [-0.2, -0.15) is 4.68 Å². The van der Waals surface area contributed by atoms with E-state index in [4.69, 9.17) is 9.73 Å². The summed E-state index contributed by atoms with van der Waals surface area (Å²) in [7, 11) is 1.65. The van der Waals surface area contributed by atoms with Crippen molar-refractivity contribution in [3.8, 4) is 5.75 Å². The van der Waals surface area contributed by atoms with Crippen molar-refractivity contribution in [2.75, 3.05) is 7.11 Å². The zero-order chi connectivity index (χ0) is 17.1. The summed E-state index contributed by atoms with van der Waals surface area (Å²) in [6.45, 7) is 0. The summed E-state index contributed by atoms with van der Waals surface area (Å²) in [4.78, 5) is 4.82. The molecule has 5 nitrogen and oxygen atoms in total. The molecule has 0 saturated carbocycles. The van der Waals surface area contributed by atoms with Crippen molar-refractivity contribution in [3.63, 3.8) is 0 Å². The second-order valence-electron chi connectivity index (χ2n) is 5.49. The molecule has 0 aliphatic rings. The van der Waals surface area contributed by atoms with E-state index in [9.17, 15) is 0 Å². The van der Waals surface area contributed by atoms with Crippen molar-refractivity contribution in [1.82, 2.24) is 15.0 Å². The number of hydrogen-bond acceptors (Lipinski definition) is 4. The summed E-state index contributed by atoms with van der Waals surface area (Å²) >= 11 is 0. The van der Waals surface area contributed by atoms with Gasteiger partial charge >= 0.3 is 0 Å². The van der Waals surface area contributed by atoms with Gasteiger partial charge < -0.3 is 4.74 Å². The fourth-order valence-corrected chi connectivity index (χ4v) is 2.63. The lowest BCUT2D eigenvalue weighted by atomic mass is 10.2. The van der Waals surface area contributed by atoms with E-state index < -0.39 is 0 Å². The largest absolute Gasteiger partial charge is 0.497 e. The maximum Gasteiger partial charge on any atom is 0.163 e. The maximum absolute atomic E-state index is 5.21. The molecule has 0 amide bonds. The molecule has 0 bridgehead atoms. The van der Waals surface area contributed by atoms with Crippen LogP contribution in [-0.2, 0) is 0 Å². The molecule has 5 heteroatoms. The molecular weight excluding hydrogens is 312 g/mol. The molecule has 3 aromatic carbocycles. The van der Waals surface area contributed by atoms with E-state index in [0.717, 1.165) is 33.9 Å². The maximum atomic E-state index is 5.21. The van der Waals surface area contributed by atoms with Gasteiger partial charge in [-0.25, -0.2) is 4.99 Å². The van der Waals surface area contributed by atoms with E-state index in [1.54, 1.807) is 11.8 Å². The van der Waals surface area contributed by atoms with Gasteiger partial charge in [0.05, 0.1) is 18.3 Å². The quantitative estimate of drug-likeness (QED) is 0.421. The fraction of sp³-hybridized carbons (Fsp3) is 0.0500. The van der Waals surface area contributed by atoms with E-state index in [0.29, 0.717) is 0 Å². The number of hydrogen-bond donors (Lipinski definition) is 0. The lowest BCUT2D eigenvalue weighted by molar-refractivity contribution is 0.415. The smallest absolute Gasteiger partial charge is 0.163 e. The molecule has 0 aliphatic heterocycles. The van der Waals surface area contributed by atoms with Crippen molar-refractivity contribution < 1.29 is 4.74 Å². The van der Waals surface area contributed by atoms with Gasteiger partial charge in [0.2, 0.25) is 0 Å². The van der Waals surface area contributed by atoms with Crippen LogP contribution < -0.4 is 4.74 Å². The van der Waals surface area contributed by atoms with Crippen LogP contribution in [0.3, 0.4) is 0 Å². The molecule has 1 heterocycles.